The highest BCUT2D eigenvalue weighted by Crippen LogP contribution is 2.26. The molecule has 0 aliphatic heterocycles. The number of halogens is 2. The lowest BCUT2D eigenvalue weighted by atomic mass is 10.0. The van der Waals surface area contributed by atoms with Crippen molar-refractivity contribution in [2.24, 2.45) is 5.92 Å². The molecule has 0 bridgehead atoms. The van der Waals surface area contributed by atoms with Crippen LogP contribution in [0.25, 0.3) is 0 Å². The van der Waals surface area contributed by atoms with E-state index in [9.17, 15) is 4.39 Å². The van der Waals surface area contributed by atoms with E-state index in [2.05, 4.69) is 12.2 Å². The van der Waals surface area contributed by atoms with E-state index in [-0.39, 0.29) is 5.82 Å². The highest BCUT2D eigenvalue weighted by Gasteiger charge is 2.16. The van der Waals surface area contributed by atoms with Crippen LogP contribution in [-0.2, 0) is 0 Å². The Morgan fingerprint density at radius 1 is 1.18 bits per heavy atom. The molecule has 2 rings (SSSR count). The van der Waals surface area contributed by atoms with Gasteiger partial charge in [-0.15, -0.1) is 0 Å². The van der Waals surface area contributed by atoms with E-state index >= 15 is 0 Å². The predicted octanol–water partition coefficient (Wildman–Crippen LogP) is 4.86. The van der Waals surface area contributed by atoms with E-state index in [4.69, 9.17) is 11.6 Å². The van der Waals surface area contributed by atoms with Crippen molar-refractivity contribution >= 4 is 17.3 Å². The SMILES string of the molecule is CC1CCCC(Nc2cc(F)cc(Cl)c2)CC1. The highest BCUT2D eigenvalue weighted by atomic mass is 35.5. The summed E-state index contributed by atoms with van der Waals surface area (Å²) < 4.78 is 13.2. The number of nitrogens with one attached hydrogen (secondary N) is 1. The maximum absolute atomic E-state index is 13.2. The van der Waals surface area contributed by atoms with Crippen molar-refractivity contribution in [2.75, 3.05) is 5.32 Å². The largest absolute Gasteiger partial charge is 0.382 e. The zero-order valence-corrected chi connectivity index (χ0v) is 10.9. The molecule has 2 atom stereocenters. The van der Waals surface area contributed by atoms with Crippen LogP contribution in [0.3, 0.4) is 0 Å². The van der Waals surface area contributed by atoms with Gasteiger partial charge >= 0.3 is 0 Å². The third kappa shape index (κ3) is 3.88. The highest BCUT2D eigenvalue weighted by molar-refractivity contribution is 6.30. The zero-order valence-electron chi connectivity index (χ0n) is 10.2. The van der Waals surface area contributed by atoms with Gasteiger partial charge in [0.05, 0.1) is 0 Å². The number of anilines is 1. The quantitative estimate of drug-likeness (QED) is 0.744. The van der Waals surface area contributed by atoms with E-state index in [1.165, 1.54) is 37.8 Å². The molecule has 0 radical (unpaired) electrons. The second kappa shape index (κ2) is 5.72. The molecule has 94 valence electrons. The first-order valence-electron chi connectivity index (χ1n) is 6.36. The minimum Gasteiger partial charge on any atom is -0.382 e. The van der Waals surface area contributed by atoms with Crippen molar-refractivity contribution < 1.29 is 4.39 Å². The second-order valence-electron chi connectivity index (χ2n) is 5.11. The molecule has 1 nitrogen and oxygen atoms in total. The maximum atomic E-state index is 13.2. The minimum atomic E-state index is -0.276. The Morgan fingerprint density at radius 3 is 2.76 bits per heavy atom. The van der Waals surface area contributed by atoms with E-state index in [1.54, 1.807) is 6.07 Å². The van der Waals surface area contributed by atoms with Crippen molar-refractivity contribution in [2.45, 2.75) is 45.1 Å². The standard InChI is InChI=1S/C14H19ClFN/c1-10-3-2-4-13(6-5-10)17-14-8-11(15)7-12(16)9-14/h7-10,13,17H,2-6H2,1H3. The summed E-state index contributed by atoms with van der Waals surface area (Å²) in [5.74, 6) is 0.542. The van der Waals surface area contributed by atoms with Gasteiger partial charge in [0.1, 0.15) is 5.82 Å². The van der Waals surface area contributed by atoms with Crippen molar-refractivity contribution in [3.05, 3.63) is 29.0 Å². The van der Waals surface area contributed by atoms with Crippen LogP contribution < -0.4 is 5.32 Å². The first-order chi connectivity index (χ1) is 8.13. The van der Waals surface area contributed by atoms with Crippen LogP contribution >= 0.6 is 11.6 Å². The average molecular weight is 256 g/mol. The Bertz CT molecular complexity index is 360. The molecular weight excluding hydrogens is 237 g/mol. The van der Waals surface area contributed by atoms with Gasteiger partial charge in [-0.3, -0.25) is 0 Å². The Hall–Kier alpha value is -0.760. The van der Waals surface area contributed by atoms with E-state index in [0.717, 1.165) is 18.0 Å². The molecule has 0 spiro atoms. The third-order valence-corrected chi connectivity index (χ3v) is 3.71. The lowest BCUT2D eigenvalue weighted by Crippen LogP contribution is -2.18. The Morgan fingerprint density at radius 2 is 2.00 bits per heavy atom. The molecule has 1 aromatic carbocycles. The molecule has 0 amide bonds. The van der Waals surface area contributed by atoms with Gasteiger partial charge in [0.25, 0.3) is 0 Å². The molecule has 1 N–H and O–H groups in total. The van der Waals surface area contributed by atoms with E-state index in [0.29, 0.717) is 11.1 Å². The summed E-state index contributed by atoms with van der Waals surface area (Å²) in [4.78, 5) is 0. The fourth-order valence-electron chi connectivity index (χ4n) is 2.50. The molecule has 17 heavy (non-hydrogen) atoms. The average Bonchev–Trinajstić information content (AvgIpc) is 2.42. The van der Waals surface area contributed by atoms with Gasteiger partial charge < -0.3 is 5.32 Å². The smallest absolute Gasteiger partial charge is 0.126 e. The topological polar surface area (TPSA) is 12.0 Å². The number of hydrogen-bond donors (Lipinski definition) is 1. The molecule has 0 saturated heterocycles. The van der Waals surface area contributed by atoms with Crippen LogP contribution in [0.5, 0.6) is 0 Å². The molecule has 1 aliphatic carbocycles. The lowest BCUT2D eigenvalue weighted by molar-refractivity contribution is 0.502. The van der Waals surface area contributed by atoms with Gasteiger partial charge in [-0.2, -0.15) is 0 Å². The van der Waals surface area contributed by atoms with Crippen LogP contribution in [0.2, 0.25) is 5.02 Å². The first kappa shape index (κ1) is 12.7. The summed E-state index contributed by atoms with van der Waals surface area (Å²) in [5.41, 5.74) is 0.801. The Balaban J connectivity index is 1.99. The fourth-order valence-corrected chi connectivity index (χ4v) is 2.73. The third-order valence-electron chi connectivity index (χ3n) is 3.49. The van der Waals surface area contributed by atoms with Gasteiger partial charge in [0.15, 0.2) is 0 Å². The van der Waals surface area contributed by atoms with Crippen molar-refractivity contribution in [3.63, 3.8) is 0 Å². The van der Waals surface area contributed by atoms with Crippen molar-refractivity contribution in [1.82, 2.24) is 0 Å². The number of benzene rings is 1. The van der Waals surface area contributed by atoms with Crippen LogP contribution in [0.4, 0.5) is 10.1 Å². The summed E-state index contributed by atoms with van der Waals surface area (Å²) in [6, 6.07) is 5.10. The first-order valence-corrected chi connectivity index (χ1v) is 6.74. The number of rotatable bonds is 2. The molecule has 1 aromatic rings. The van der Waals surface area contributed by atoms with Crippen LogP contribution in [0.15, 0.2) is 18.2 Å². The predicted molar refractivity (Wildman–Crippen MR) is 71.1 cm³/mol. The summed E-state index contributed by atoms with van der Waals surface area (Å²) in [7, 11) is 0. The lowest BCUT2D eigenvalue weighted by Gasteiger charge is -2.18. The number of hydrogen-bond acceptors (Lipinski definition) is 1. The Labute approximate surface area is 107 Å². The van der Waals surface area contributed by atoms with Crippen LogP contribution in [0, 0.1) is 11.7 Å². The molecule has 1 saturated carbocycles. The van der Waals surface area contributed by atoms with E-state index < -0.39 is 0 Å². The zero-order chi connectivity index (χ0) is 12.3. The molecule has 3 heteroatoms. The molecule has 1 fully saturated rings. The van der Waals surface area contributed by atoms with Gasteiger partial charge in [-0.25, -0.2) is 4.39 Å². The Kier molecular flexibility index (Phi) is 4.27. The molecule has 0 heterocycles. The van der Waals surface area contributed by atoms with Crippen molar-refractivity contribution in [1.29, 1.82) is 0 Å². The fraction of sp³-hybridized carbons (Fsp3) is 0.571. The minimum absolute atomic E-state index is 0.276. The van der Waals surface area contributed by atoms with Crippen LogP contribution in [-0.4, -0.2) is 6.04 Å². The second-order valence-corrected chi connectivity index (χ2v) is 5.55. The maximum Gasteiger partial charge on any atom is 0.126 e. The van der Waals surface area contributed by atoms with Crippen molar-refractivity contribution in [3.8, 4) is 0 Å². The van der Waals surface area contributed by atoms with Gasteiger partial charge in [-0.05, 0) is 43.4 Å². The van der Waals surface area contributed by atoms with Gasteiger partial charge in [-0.1, -0.05) is 31.4 Å². The summed E-state index contributed by atoms with van der Waals surface area (Å²) in [6.07, 6.45) is 6.14. The molecule has 1 aliphatic rings. The van der Waals surface area contributed by atoms with Gasteiger partial charge in [0.2, 0.25) is 0 Å². The molecule has 2 unspecified atom stereocenters. The summed E-state index contributed by atoms with van der Waals surface area (Å²) in [6.45, 7) is 2.31. The normalized spacial score (nSPS) is 25.4. The summed E-state index contributed by atoms with van der Waals surface area (Å²) >= 11 is 5.84. The van der Waals surface area contributed by atoms with E-state index in [1.807, 2.05) is 0 Å². The molecule has 0 aromatic heterocycles. The monoisotopic (exact) mass is 255 g/mol. The van der Waals surface area contributed by atoms with Gasteiger partial charge in [0, 0.05) is 16.8 Å². The van der Waals surface area contributed by atoms with Crippen LogP contribution in [0.1, 0.15) is 39.0 Å². The summed E-state index contributed by atoms with van der Waals surface area (Å²) in [5, 5.41) is 3.85. The molecular formula is C14H19ClFN.